The van der Waals surface area contributed by atoms with E-state index in [4.69, 9.17) is 11.6 Å². The van der Waals surface area contributed by atoms with Crippen LogP contribution in [0.4, 0.5) is 0 Å². The molecule has 4 aromatic rings. The van der Waals surface area contributed by atoms with Crippen molar-refractivity contribution in [3.63, 3.8) is 0 Å². The number of halogens is 1. The number of carbonyl (C=O) groups is 1. The van der Waals surface area contributed by atoms with E-state index in [0.29, 0.717) is 17.1 Å². The van der Waals surface area contributed by atoms with Crippen molar-refractivity contribution in [1.29, 1.82) is 0 Å². The van der Waals surface area contributed by atoms with E-state index in [1.807, 2.05) is 30.3 Å². The number of aliphatic hydroxyl groups is 1. The molecule has 1 aromatic heterocycles. The number of aliphatic hydroxyl groups excluding tert-OH is 1. The number of aromatic nitrogens is 1. The molecule has 0 saturated carbocycles. The zero-order valence-electron chi connectivity index (χ0n) is 19.5. The summed E-state index contributed by atoms with van der Waals surface area (Å²) < 4.78 is 0. The maximum absolute atomic E-state index is 12.8. The summed E-state index contributed by atoms with van der Waals surface area (Å²) in [5.41, 5.74) is 8.29. The number of nitrogens with one attached hydrogen (secondary N) is 2. The molecular formula is C29H28ClN3O2. The van der Waals surface area contributed by atoms with Gasteiger partial charge in [-0.2, -0.15) is 0 Å². The predicted octanol–water partition coefficient (Wildman–Crippen LogP) is 5.88. The lowest BCUT2D eigenvalue weighted by Gasteiger charge is -2.26. The number of hydrogen-bond donors (Lipinski definition) is 3. The minimum absolute atomic E-state index is 0.00329. The van der Waals surface area contributed by atoms with Gasteiger partial charge < -0.3 is 15.4 Å². The standard InChI is InChI=1S/C29H28ClN3O2/c30-28-22(20-7-4-18(17-34)5-8-20)14-23(27-24(28)15-31-29(27)35)26-13-21-12-19(6-9-25(21)32-26)16-33-10-2-1-3-11-33/h4-9,12-14,32,34H,1-3,10-11,15-17H2,(H,31,35). The molecule has 6 rings (SSSR count). The lowest BCUT2D eigenvalue weighted by atomic mass is 9.93. The van der Waals surface area contributed by atoms with Gasteiger partial charge in [-0.05, 0) is 66.9 Å². The van der Waals surface area contributed by atoms with Gasteiger partial charge in [0.25, 0.3) is 5.91 Å². The lowest BCUT2D eigenvalue weighted by molar-refractivity contribution is 0.0966. The molecule has 1 amide bonds. The van der Waals surface area contributed by atoms with Crippen LogP contribution >= 0.6 is 11.6 Å². The number of rotatable bonds is 5. The summed E-state index contributed by atoms with van der Waals surface area (Å²) in [6.45, 7) is 3.73. The van der Waals surface area contributed by atoms with Crippen molar-refractivity contribution in [3.05, 3.63) is 81.9 Å². The molecule has 6 heteroatoms. The van der Waals surface area contributed by atoms with Gasteiger partial charge >= 0.3 is 0 Å². The first kappa shape index (κ1) is 22.4. The Kier molecular flexibility index (Phi) is 5.85. The van der Waals surface area contributed by atoms with E-state index in [1.165, 1.54) is 37.9 Å². The van der Waals surface area contributed by atoms with Gasteiger partial charge in [-0.25, -0.2) is 0 Å². The van der Waals surface area contributed by atoms with E-state index in [2.05, 4.69) is 39.5 Å². The Labute approximate surface area is 209 Å². The lowest BCUT2D eigenvalue weighted by Crippen LogP contribution is -2.28. The SMILES string of the molecule is O=C1NCc2c(Cl)c(-c3ccc(CO)cc3)cc(-c3cc4cc(CN5CCCCC5)ccc4[nH]3)c21. The minimum Gasteiger partial charge on any atom is -0.392 e. The van der Waals surface area contributed by atoms with Crippen LogP contribution in [0.5, 0.6) is 0 Å². The Hall–Kier alpha value is -3.12. The number of nitrogens with zero attached hydrogens (tertiary/aromatic N) is 1. The largest absolute Gasteiger partial charge is 0.392 e. The molecular weight excluding hydrogens is 458 g/mol. The maximum atomic E-state index is 12.8. The van der Waals surface area contributed by atoms with Crippen molar-refractivity contribution in [2.24, 2.45) is 0 Å². The van der Waals surface area contributed by atoms with E-state index < -0.39 is 0 Å². The number of likely N-dealkylation sites (tertiary alicyclic amines) is 1. The summed E-state index contributed by atoms with van der Waals surface area (Å²) in [5, 5.41) is 14.1. The van der Waals surface area contributed by atoms with Gasteiger partial charge in [-0.15, -0.1) is 0 Å². The number of aromatic amines is 1. The zero-order chi connectivity index (χ0) is 23.9. The first-order chi connectivity index (χ1) is 17.1. The van der Waals surface area contributed by atoms with E-state index in [-0.39, 0.29) is 12.5 Å². The molecule has 1 saturated heterocycles. The molecule has 0 bridgehead atoms. The van der Waals surface area contributed by atoms with Gasteiger partial charge in [0.05, 0.1) is 17.2 Å². The maximum Gasteiger partial charge on any atom is 0.252 e. The molecule has 5 nitrogen and oxygen atoms in total. The van der Waals surface area contributed by atoms with Crippen LogP contribution in [0.25, 0.3) is 33.3 Å². The quantitative estimate of drug-likeness (QED) is 0.331. The molecule has 1 fully saturated rings. The van der Waals surface area contributed by atoms with Crippen molar-refractivity contribution >= 4 is 28.4 Å². The fourth-order valence-corrected chi connectivity index (χ4v) is 5.74. The monoisotopic (exact) mass is 485 g/mol. The van der Waals surface area contributed by atoms with Crippen LogP contribution in [0, 0.1) is 0 Å². The summed E-state index contributed by atoms with van der Waals surface area (Å²) in [6.07, 6.45) is 3.90. The third kappa shape index (κ3) is 4.14. The zero-order valence-corrected chi connectivity index (χ0v) is 20.3. The number of piperidine rings is 1. The Morgan fingerprint density at radius 1 is 0.914 bits per heavy atom. The predicted molar refractivity (Wildman–Crippen MR) is 140 cm³/mol. The third-order valence-corrected chi connectivity index (χ3v) is 7.72. The van der Waals surface area contributed by atoms with E-state index in [1.54, 1.807) is 0 Å². The van der Waals surface area contributed by atoms with Gasteiger partial charge in [0.2, 0.25) is 0 Å². The molecule has 35 heavy (non-hydrogen) atoms. The van der Waals surface area contributed by atoms with Gasteiger partial charge in [-0.1, -0.05) is 48.4 Å². The van der Waals surface area contributed by atoms with Crippen molar-refractivity contribution in [2.45, 2.75) is 39.0 Å². The summed E-state index contributed by atoms with van der Waals surface area (Å²) in [6, 6.07) is 18.5. The summed E-state index contributed by atoms with van der Waals surface area (Å²) in [5.74, 6) is -0.0940. The Balaban J connectivity index is 1.42. The molecule has 0 unspecified atom stereocenters. The summed E-state index contributed by atoms with van der Waals surface area (Å²) in [7, 11) is 0. The third-order valence-electron chi connectivity index (χ3n) is 7.29. The number of H-pyrrole nitrogens is 1. The van der Waals surface area contributed by atoms with E-state index in [0.717, 1.165) is 51.0 Å². The fraction of sp³-hybridized carbons (Fsp3) is 0.276. The first-order valence-electron chi connectivity index (χ1n) is 12.3. The van der Waals surface area contributed by atoms with Crippen molar-refractivity contribution in [1.82, 2.24) is 15.2 Å². The van der Waals surface area contributed by atoms with E-state index in [9.17, 15) is 9.90 Å². The second-order valence-corrected chi connectivity index (χ2v) is 10.00. The summed E-state index contributed by atoms with van der Waals surface area (Å²) >= 11 is 6.82. The second-order valence-electron chi connectivity index (χ2n) is 9.62. The van der Waals surface area contributed by atoms with Crippen LogP contribution in [0.1, 0.15) is 46.3 Å². The van der Waals surface area contributed by atoms with Crippen LogP contribution in [0.3, 0.4) is 0 Å². The van der Waals surface area contributed by atoms with Crippen molar-refractivity contribution in [3.8, 4) is 22.4 Å². The molecule has 178 valence electrons. The highest BCUT2D eigenvalue weighted by Crippen LogP contribution is 2.41. The number of benzene rings is 3. The number of carbonyl (C=O) groups excluding carboxylic acids is 1. The Bertz CT molecular complexity index is 1420. The topological polar surface area (TPSA) is 68.4 Å². The summed E-state index contributed by atoms with van der Waals surface area (Å²) in [4.78, 5) is 18.9. The molecule has 0 spiro atoms. The highest BCUT2D eigenvalue weighted by Gasteiger charge is 2.28. The van der Waals surface area contributed by atoms with Crippen LogP contribution in [0.2, 0.25) is 5.02 Å². The Morgan fingerprint density at radius 3 is 2.46 bits per heavy atom. The average molecular weight is 486 g/mol. The van der Waals surface area contributed by atoms with Crippen LogP contribution < -0.4 is 5.32 Å². The average Bonchev–Trinajstić information content (AvgIpc) is 3.49. The molecule has 0 aliphatic carbocycles. The van der Waals surface area contributed by atoms with Gasteiger partial charge in [0.15, 0.2) is 0 Å². The normalized spacial score (nSPS) is 16.0. The minimum atomic E-state index is -0.0940. The molecule has 2 aliphatic rings. The molecule has 0 atom stereocenters. The number of hydrogen-bond acceptors (Lipinski definition) is 3. The van der Waals surface area contributed by atoms with Gasteiger partial charge in [0.1, 0.15) is 0 Å². The molecule has 3 aromatic carbocycles. The fourth-order valence-electron chi connectivity index (χ4n) is 5.41. The molecule has 2 aliphatic heterocycles. The highest BCUT2D eigenvalue weighted by atomic mass is 35.5. The molecule has 3 heterocycles. The first-order valence-corrected chi connectivity index (χ1v) is 12.7. The smallest absolute Gasteiger partial charge is 0.252 e. The van der Waals surface area contributed by atoms with E-state index >= 15 is 0 Å². The van der Waals surface area contributed by atoms with Crippen LogP contribution in [-0.2, 0) is 19.7 Å². The number of fused-ring (bicyclic) bond motifs is 2. The number of amides is 1. The van der Waals surface area contributed by atoms with Crippen molar-refractivity contribution < 1.29 is 9.90 Å². The molecule has 0 radical (unpaired) electrons. The molecule has 3 N–H and O–H groups in total. The van der Waals surface area contributed by atoms with Crippen molar-refractivity contribution in [2.75, 3.05) is 13.1 Å². The highest BCUT2D eigenvalue weighted by molar-refractivity contribution is 6.35. The van der Waals surface area contributed by atoms with Crippen LogP contribution in [0.15, 0.2) is 54.6 Å². The Morgan fingerprint density at radius 2 is 1.69 bits per heavy atom. The van der Waals surface area contributed by atoms with Gasteiger partial charge in [-0.3, -0.25) is 9.69 Å². The van der Waals surface area contributed by atoms with Gasteiger partial charge in [0, 0.05) is 46.4 Å². The second kappa shape index (κ2) is 9.15. The van der Waals surface area contributed by atoms with Crippen LogP contribution in [-0.4, -0.2) is 34.0 Å².